The smallest absolute Gasteiger partial charge is 0.323 e. The zero-order valence-corrected chi connectivity index (χ0v) is 11.2. The molecular formula is C16H14O4. The first-order valence-corrected chi connectivity index (χ1v) is 6.32. The third-order valence-corrected chi connectivity index (χ3v) is 3.60. The molecule has 1 aliphatic rings. The topological polar surface area (TPSA) is 66.8 Å². The molecule has 2 aromatic carbocycles. The van der Waals surface area contributed by atoms with E-state index in [9.17, 15) is 15.0 Å². The summed E-state index contributed by atoms with van der Waals surface area (Å²) in [6.07, 6.45) is 0. The highest BCUT2D eigenvalue weighted by molar-refractivity contribution is 5.89. The second kappa shape index (κ2) is 4.27. The predicted octanol–water partition coefficient (Wildman–Crippen LogP) is 2.77. The van der Waals surface area contributed by atoms with Gasteiger partial charge in [0.05, 0.1) is 0 Å². The zero-order valence-electron chi connectivity index (χ0n) is 11.2. The van der Waals surface area contributed by atoms with Crippen LogP contribution in [-0.2, 0) is 4.79 Å². The van der Waals surface area contributed by atoms with Crippen molar-refractivity contribution >= 4 is 5.97 Å². The van der Waals surface area contributed by atoms with Crippen LogP contribution in [0.15, 0.2) is 30.3 Å². The molecule has 2 aromatic rings. The molecule has 0 spiro atoms. The third kappa shape index (κ3) is 1.81. The molecule has 0 saturated carbocycles. The molecule has 0 aromatic heterocycles. The normalized spacial score (nSPS) is 16.9. The van der Waals surface area contributed by atoms with Crippen LogP contribution in [0.1, 0.15) is 28.2 Å². The number of hydrogen-bond donors (Lipinski definition) is 2. The highest BCUT2D eigenvalue weighted by atomic mass is 16.5. The van der Waals surface area contributed by atoms with Crippen molar-refractivity contribution in [3.8, 4) is 17.2 Å². The van der Waals surface area contributed by atoms with E-state index in [0.29, 0.717) is 22.4 Å². The molecule has 0 radical (unpaired) electrons. The van der Waals surface area contributed by atoms with Crippen molar-refractivity contribution in [2.45, 2.75) is 19.8 Å². The van der Waals surface area contributed by atoms with Crippen molar-refractivity contribution in [2.24, 2.45) is 0 Å². The van der Waals surface area contributed by atoms with Gasteiger partial charge in [0, 0.05) is 5.56 Å². The molecule has 0 saturated heterocycles. The van der Waals surface area contributed by atoms with Gasteiger partial charge in [-0.2, -0.15) is 0 Å². The maximum absolute atomic E-state index is 12.1. The first-order chi connectivity index (χ1) is 9.47. The fourth-order valence-electron chi connectivity index (χ4n) is 2.62. The van der Waals surface area contributed by atoms with Gasteiger partial charge >= 0.3 is 5.97 Å². The first kappa shape index (κ1) is 12.5. The van der Waals surface area contributed by atoms with Gasteiger partial charge in [-0.05, 0) is 48.7 Å². The Morgan fingerprint density at radius 1 is 1.05 bits per heavy atom. The number of fused-ring (bicyclic) bond motifs is 1. The summed E-state index contributed by atoms with van der Waals surface area (Å²) in [5, 5.41) is 19.4. The van der Waals surface area contributed by atoms with Crippen molar-refractivity contribution in [3.63, 3.8) is 0 Å². The second-order valence-electron chi connectivity index (χ2n) is 5.08. The maximum Gasteiger partial charge on any atom is 0.323 e. The molecule has 0 amide bonds. The van der Waals surface area contributed by atoms with Crippen LogP contribution in [-0.4, -0.2) is 16.2 Å². The summed E-state index contributed by atoms with van der Waals surface area (Å²) >= 11 is 0. The van der Waals surface area contributed by atoms with E-state index in [0.717, 1.165) is 5.56 Å². The molecule has 3 rings (SSSR count). The number of rotatable bonds is 1. The highest BCUT2D eigenvalue weighted by Crippen LogP contribution is 2.42. The Bertz CT molecular complexity index is 695. The summed E-state index contributed by atoms with van der Waals surface area (Å²) in [6.45, 7) is 3.57. The Kier molecular flexibility index (Phi) is 2.67. The molecule has 0 bridgehead atoms. The molecule has 2 N–H and O–H groups in total. The number of phenols is 2. The van der Waals surface area contributed by atoms with Crippen LogP contribution in [0, 0.1) is 13.8 Å². The van der Waals surface area contributed by atoms with E-state index in [2.05, 4.69) is 0 Å². The van der Waals surface area contributed by atoms with Crippen LogP contribution in [0.25, 0.3) is 0 Å². The van der Waals surface area contributed by atoms with E-state index in [4.69, 9.17) is 4.74 Å². The van der Waals surface area contributed by atoms with Crippen molar-refractivity contribution in [1.82, 2.24) is 0 Å². The lowest BCUT2D eigenvalue weighted by molar-refractivity contribution is -0.133. The molecule has 102 valence electrons. The number of aryl methyl sites for hydroxylation is 2. The van der Waals surface area contributed by atoms with E-state index < -0.39 is 5.92 Å². The lowest BCUT2D eigenvalue weighted by atomic mass is 9.90. The van der Waals surface area contributed by atoms with Gasteiger partial charge in [0.1, 0.15) is 23.2 Å². The van der Waals surface area contributed by atoms with Gasteiger partial charge in [-0.15, -0.1) is 0 Å². The van der Waals surface area contributed by atoms with Crippen LogP contribution >= 0.6 is 0 Å². The molecule has 20 heavy (non-hydrogen) atoms. The van der Waals surface area contributed by atoms with E-state index in [1.54, 1.807) is 38.1 Å². The van der Waals surface area contributed by atoms with Gasteiger partial charge < -0.3 is 14.9 Å². The standard InChI is InChI=1S/C16H14O4/c1-8-5-10(6-9(2)15(8)18)14-12-7-11(17)3-4-13(12)20-16(14)19/h3-7,14,17-18H,1-2H3. The summed E-state index contributed by atoms with van der Waals surface area (Å²) < 4.78 is 5.23. The number of carbonyl (C=O) groups is 1. The number of carbonyl (C=O) groups excluding carboxylic acids is 1. The average molecular weight is 270 g/mol. The predicted molar refractivity (Wildman–Crippen MR) is 73.2 cm³/mol. The van der Waals surface area contributed by atoms with Gasteiger partial charge in [-0.25, -0.2) is 0 Å². The molecule has 0 aliphatic carbocycles. The molecule has 1 atom stereocenters. The number of phenolic OH excluding ortho intramolecular Hbond substituents is 2. The number of benzene rings is 2. The SMILES string of the molecule is Cc1cc(C2C(=O)Oc3ccc(O)cc32)cc(C)c1O. The number of hydrogen-bond acceptors (Lipinski definition) is 4. The minimum Gasteiger partial charge on any atom is -0.508 e. The zero-order chi connectivity index (χ0) is 14.4. The van der Waals surface area contributed by atoms with Crippen LogP contribution in [0.5, 0.6) is 17.2 Å². The van der Waals surface area contributed by atoms with Crippen LogP contribution in [0.2, 0.25) is 0 Å². The highest BCUT2D eigenvalue weighted by Gasteiger charge is 2.35. The van der Waals surface area contributed by atoms with Crippen molar-refractivity contribution in [3.05, 3.63) is 52.6 Å². The quantitative estimate of drug-likeness (QED) is 0.617. The molecule has 4 nitrogen and oxygen atoms in total. The molecular weight excluding hydrogens is 256 g/mol. The minimum absolute atomic E-state index is 0.0965. The van der Waals surface area contributed by atoms with Crippen molar-refractivity contribution in [2.75, 3.05) is 0 Å². The van der Waals surface area contributed by atoms with Crippen LogP contribution in [0.4, 0.5) is 0 Å². The van der Waals surface area contributed by atoms with Gasteiger partial charge in [0.15, 0.2) is 0 Å². The van der Waals surface area contributed by atoms with Crippen molar-refractivity contribution < 1.29 is 19.7 Å². The summed E-state index contributed by atoms with van der Waals surface area (Å²) in [5.74, 6) is -0.123. The number of ether oxygens (including phenoxy) is 1. The lowest BCUT2D eigenvalue weighted by Crippen LogP contribution is -2.11. The van der Waals surface area contributed by atoms with E-state index in [1.807, 2.05) is 0 Å². The van der Waals surface area contributed by atoms with E-state index >= 15 is 0 Å². The van der Waals surface area contributed by atoms with Gasteiger partial charge in [0.25, 0.3) is 0 Å². The summed E-state index contributed by atoms with van der Waals surface area (Å²) in [5.41, 5.74) is 2.83. The Morgan fingerprint density at radius 3 is 2.35 bits per heavy atom. The minimum atomic E-state index is -0.560. The Hall–Kier alpha value is -2.49. The summed E-state index contributed by atoms with van der Waals surface area (Å²) in [6, 6.07) is 8.16. The molecule has 4 heteroatoms. The fourth-order valence-corrected chi connectivity index (χ4v) is 2.62. The van der Waals surface area contributed by atoms with Gasteiger partial charge in [-0.1, -0.05) is 12.1 Å². The van der Waals surface area contributed by atoms with Gasteiger partial charge in [-0.3, -0.25) is 4.79 Å². The molecule has 1 aliphatic heterocycles. The number of aromatic hydroxyl groups is 2. The molecule has 1 unspecified atom stereocenters. The second-order valence-corrected chi connectivity index (χ2v) is 5.08. The lowest BCUT2D eigenvalue weighted by Gasteiger charge is -2.12. The van der Waals surface area contributed by atoms with E-state index in [1.165, 1.54) is 6.07 Å². The Morgan fingerprint density at radius 2 is 1.70 bits per heavy atom. The van der Waals surface area contributed by atoms with Crippen LogP contribution < -0.4 is 4.74 Å². The molecule has 0 fully saturated rings. The number of esters is 1. The Balaban J connectivity index is 2.16. The first-order valence-electron chi connectivity index (χ1n) is 6.32. The maximum atomic E-state index is 12.1. The average Bonchev–Trinajstić information content (AvgIpc) is 2.70. The summed E-state index contributed by atoms with van der Waals surface area (Å²) in [4.78, 5) is 12.1. The van der Waals surface area contributed by atoms with E-state index in [-0.39, 0.29) is 17.5 Å². The summed E-state index contributed by atoms with van der Waals surface area (Å²) in [7, 11) is 0. The Labute approximate surface area is 116 Å². The monoisotopic (exact) mass is 270 g/mol. The fraction of sp³-hybridized carbons (Fsp3) is 0.188. The molecule has 1 heterocycles. The van der Waals surface area contributed by atoms with Gasteiger partial charge in [0.2, 0.25) is 0 Å². The third-order valence-electron chi connectivity index (χ3n) is 3.60. The van der Waals surface area contributed by atoms with Crippen molar-refractivity contribution in [1.29, 1.82) is 0 Å². The van der Waals surface area contributed by atoms with Crippen LogP contribution in [0.3, 0.4) is 0 Å². The largest absolute Gasteiger partial charge is 0.508 e.